The highest BCUT2D eigenvalue weighted by Gasteiger charge is 2.11. The second-order valence-corrected chi connectivity index (χ2v) is 5.43. The highest BCUT2D eigenvalue weighted by atomic mass is 32.1. The van der Waals surface area contributed by atoms with Gasteiger partial charge in [-0.05, 0) is 23.6 Å². The van der Waals surface area contributed by atoms with E-state index < -0.39 is 0 Å². The third-order valence-corrected chi connectivity index (χ3v) is 4.38. The molecule has 5 heteroatoms. The number of nitrogens with two attached hydrogens (primary N) is 1. The van der Waals surface area contributed by atoms with Gasteiger partial charge in [0.2, 0.25) is 0 Å². The first-order valence-electron chi connectivity index (χ1n) is 4.92. The van der Waals surface area contributed by atoms with Crippen molar-refractivity contribution in [2.45, 2.75) is 0 Å². The molecule has 0 fully saturated rings. The van der Waals surface area contributed by atoms with E-state index in [1.807, 2.05) is 29.6 Å². The van der Waals surface area contributed by atoms with E-state index in [0.29, 0.717) is 10.6 Å². The first kappa shape index (κ1) is 10.3. The summed E-state index contributed by atoms with van der Waals surface area (Å²) in [5.41, 5.74) is 7.34. The SMILES string of the molecule is N#Cc1sc2nc(-c3cccs3)ccc2c1N. The smallest absolute Gasteiger partial charge is 0.130 e. The van der Waals surface area contributed by atoms with E-state index in [0.717, 1.165) is 20.8 Å². The zero-order valence-corrected chi connectivity index (χ0v) is 10.3. The summed E-state index contributed by atoms with van der Waals surface area (Å²) < 4.78 is 0. The summed E-state index contributed by atoms with van der Waals surface area (Å²) in [5, 5.41) is 11.8. The monoisotopic (exact) mass is 257 g/mol. The van der Waals surface area contributed by atoms with Crippen LogP contribution in [0.5, 0.6) is 0 Å². The number of hydrogen-bond acceptors (Lipinski definition) is 5. The second kappa shape index (κ2) is 3.84. The summed E-state index contributed by atoms with van der Waals surface area (Å²) in [6, 6.07) is 10.00. The van der Waals surface area contributed by atoms with Gasteiger partial charge in [-0.25, -0.2) is 4.98 Å². The fourth-order valence-corrected chi connectivity index (χ4v) is 3.23. The van der Waals surface area contributed by atoms with Crippen LogP contribution in [0.1, 0.15) is 4.88 Å². The largest absolute Gasteiger partial charge is 0.396 e. The normalized spacial score (nSPS) is 10.5. The standard InChI is InChI=1S/C12H7N3S2/c13-6-10-11(14)7-3-4-8(15-12(7)17-10)9-2-1-5-16-9/h1-5H,14H2. The Kier molecular flexibility index (Phi) is 2.32. The lowest BCUT2D eigenvalue weighted by Crippen LogP contribution is -1.85. The van der Waals surface area contributed by atoms with Crippen molar-refractivity contribution in [3.63, 3.8) is 0 Å². The Hall–Kier alpha value is -1.90. The van der Waals surface area contributed by atoms with Gasteiger partial charge in [0, 0.05) is 5.39 Å². The van der Waals surface area contributed by atoms with Crippen LogP contribution in [-0.2, 0) is 0 Å². The number of rotatable bonds is 1. The Morgan fingerprint density at radius 2 is 2.18 bits per heavy atom. The van der Waals surface area contributed by atoms with Gasteiger partial charge >= 0.3 is 0 Å². The van der Waals surface area contributed by atoms with Gasteiger partial charge in [-0.15, -0.1) is 22.7 Å². The molecule has 0 amide bonds. The molecule has 3 aromatic heterocycles. The highest BCUT2D eigenvalue weighted by Crippen LogP contribution is 2.34. The molecule has 3 aromatic rings. The molecule has 0 aliphatic heterocycles. The minimum absolute atomic E-state index is 0.538. The predicted octanol–water partition coefficient (Wildman–Crippen LogP) is 3.48. The van der Waals surface area contributed by atoms with E-state index in [1.165, 1.54) is 11.3 Å². The maximum atomic E-state index is 8.93. The van der Waals surface area contributed by atoms with Crippen LogP contribution in [0, 0.1) is 11.3 Å². The predicted molar refractivity (Wildman–Crippen MR) is 72.1 cm³/mol. The summed E-state index contributed by atoms with van der Waals surface area (Å²) in [6.45, 7) is 0. The van der Waals surface area contributed by atoms with Crippen molar-refractivity contribution in [3.05, 3.63) is 34.5 Å². The molecule has 2 N–H and O–H groups in total. The molecule has 3 heterocycles. The molecule has 17 heavy (non-hydrogen) atoms. The molecule has 0 bridgehead atoms. The van der Waals surface area contributed by atoms with Gasteiger partial charge in [-0.1, -0.05) is 6.07 Å². The molecule has 82 valence electrons. The molecule has 0 aliphatic rings. The third-order valence-electron chi connectivity index (χ3n) is 2.47. The summed E-state index contributed by atoms with van der Waals surface area (Å²) in [6.07, 6.45) is 0. The first-order chi connectivity index (χ1) is 8.29. The van der Waals surface area contributed by atoms with Crippen LogP contribution in [-0.4, -0.2) is 4.98 Å². The number of nitrogens with zero attached hydrogens (tertiary/aromatic N) is 2. The summed E-state index contributed by atoms with van der Waals surface area (Å²) in [4.78, 5) is 7.03. The Morgan fingerprint density at radius 1 is 1.29 bits per heavy atom. The van der Waals surface area contributed by atoms with E-state index in [-0.39, 0.29) is 0 Å². The van der Waals surface area contributed by atoms with E-state index >= 15 is 0 Å². The molecule has 0 saturated carbocycles. The number of fused-ring (bicyclic) bond motifs is 1. The van der Waals surface area contributed by atoms with E-state index in [2.05, 4.69) is 11.1 Å². The van der Waals surface area contributed by atoms with Crippen LogP contribution in [0.15, 0.2) is 29.6 Å². The number of nitriles is 1. The van der Waals surface area contributed by atoms with Crippen LogP contribution < -0.4 is 5.73 Å². The number of nitrogen functional groups attached to an aromatic ring is 1. The lowest BCUT2D eigenvalue weighted by molar-refractivity contribution is 1.45. The van der Waals surface area contributed by atoms with Gasteiger partial charge in [-0.3, -0.25) is 0 Å². The average Bonchev–Trinajstić information content (AvgIpc) is 2.97. The van der Waals surface area contributed by atoms with Crippen LogP contribution in [0.25, 0.3) is 20.8 Å². The fourth-order valence-electron chi connectivity index (χ4n) is 1.64. The van der Waals surface area contributed by atoms with Gasteiger partial charge in [0.15, 0.2) is 0 Å². The van der Waals surface area contributed by atoms with E-state index in [9.17, 15) is 0 Å². The van der Waals surface area contributed by atoms with E-state index in [4.69, 9.17) is 11.0 Å². The Labute approximate surface area is 106 Å². The number of aromatic nitrogens is 1. The van der Waals surface area contributed by atoms with Crippen molar-refractivity contribution in [2.24, 2.45) is 0 Å². The summed E-state index contributed by atoms with van der Waals surface area (Å²) >= 11 is 2.99. The molecule has 3 nitrogen and oxygen atoms in total. The van der Waals surface area contributed by atoms with Crippen LogP contribution >= 0.6 is 22.7 Å². The molecule has 3 rings (SSSR count). The van der Waals surface area contributed by atoms with E-state index in [1.54, 1.807) is 11.3 Å². The van der Waals surface area contributed by atoms with Crippen molar-refractivity contribution in [2.75, 3.05) is 5.73 Å². The minimum atomic E-state index is 0.538. The third kappa shape index (κ3) is 1.58. The fraction of sp³-hybridized carbons (Fsp3) is 0. The first-order valence-corrected chi connectivity index (χ1v) is 6.62. The number of anilines is 1. The molecular formula is C12H7N3S2. The zero-order chi connectivity index (χ0) is 11.8. The molecule has 0 spiro atoms. The van der Waals surface area contributed by atoms with Crippen LogP contribution in [0.4, 0.5) is 5.69 Å². The van der Waals surface area contributed by atoms with Gasteiger partial charge in [0.05, 0.1) is 16.3 Å². The van der Waals surface area contributed by atoms with Crippen molar-refractivity contribution in [1.82, 2.24) is 4.98 Å². The molecule has 0 aliphatic carbocycles. The maximum absolute atomic E-state index is 8.93. The molecule has 0 saturated heterocycles. The van der Waals surface area contributed by atoms with Gasteiger partial charge in [0.1, 0.15) is 15.8 Å². The van der Waals surface area contributed by atoms with Crippen LogP contribution in [0.3, 0.4) is 0 Å². The average molecular weight is 257 g/mol. The van der Waals surface area contributed by atoms with Gasteiger partial charge in [-0.2, -0.15) is 5.26 Å². The number of thiophene rings is 2. The molecule has 0 unspecified atom stereocenters. The highest BCUT2D eigenvalue weighted by molar-refractivity contribution is 7.19. The van der Waals surface area contributed by atoms with Crippen molar-refractivity contribution >= 4 is 38.6 Å². The number of hydrogen-bond donors (Lipinski definition) is 1. The maximum Gasteiger partial charge on any atom is 0.130 e. The lowest BCUT2D eigenvalue weighted by Gasteiger charge is -1.96. The van der Waals surface area contributed by atoms with Crippen molar-refractivity contribution in [3.8, 4) is 16.6 Å². The van der Waals surface area contributed by atoms with Gasteiger partial charge in [0.25, 0.3) is 0 Å². The molecule has 0 radical (unpaired) electrons. The lowest BCUT2D eigenvalue weighted by atomic mass is 10.2. The Morgan fingerprint density at radius 3 is 2.88 bits per heavy atom. The summed E-state index contributed by atoms with van der Waals surface area (Å²) in [7, 11) is 0. The molecular weight excluding hydrogens is 250 g/mol. The quantitative estimate of drug-likeness (QED) is 0.726. The van der Waals surface area contributed by atoms with Gasteiger partial charge < -0.3 is 5.73 Å². The minimum Gasteiger partial charge on any atom is -0.396 e. The zero-order valence-electron chi connectivity index (χ0n) is 8.68. The Balaban J connectivity index is 2.24. The second-order valence-electron chi connectivity index (χ2n) is 3.48. The van der Waals surface area contributed by atoms with Crippen molar-refractivity contribution < 1.29 is 0 Å². The molecule has 0 atom stereocenters. The Bertz CT molecular complexity index is 720. The topological polar surface area (TPSA) is 62.7 Å². The summed E-state index contributed by atoms with van der Waals surface area (Å²) in [5.74, 6) is 0. The molecule has 0 aromatic carbocycles. The van der Waals surface area contributed by atoms with Crippen molar-refractivity contribution in [1.29, 1.82) is 5.26 Å². The number of pyridine rings is 1. The van der Waals surface area contributed by atoms with Crippen LogP contribution in [0.2, 0.25) is 0 Å².